The van der Waals surface area contributed by atoms with Crippen LogP contribution in [0.15, 0.2) is 65.8 Å². The first-order chi connectivity index (χ1) is 20.8. The number of amidine groups is 1. The van der Waals surface area contributed by atoms with E-state index in [9.17, 15) is 4.79 Å². The fourth-order valence-corrected chi connectivity index (χ4v) is 5.58. The Kier molecular flexibility index (Phi) is 12.5. The Morgan fingerprint density at radius 1 is 1.12 bits per heavy atom. The molecule has 43 heavy (non-hydrogen) atoms. The van der Waals surface area contributed by atoms with E-state index in [4.69, 9.17) is 26.2 Å². The number of unbranched alkanes of at least 4 members (excludes halogenated alkanes) is 1. The van der Waals surface area contributed by atoms with E-state index in [0.717, 1.165) is 59.2 Å². The SMILES string of the molecule is CCCCC(=O)N(Cc1ccc(-c2cc(-c3cccc(OC)n3)ccc2/C(N)=N/NN)cc1)C1(C)CCCCC1.O=CO. The van der Waals surface area contributed by atoms with Crippen LogP contribution >= 0.6 is 0 Å². The Morgan fingerprint density at radius 2 is 1.79 bits per heavy atom. The molecule has 0 bridgehead atoms. The second kappa shape index (κ2) is 16.3. The van der Waals surface area contributed by atoms with Crippen molar-refractivity contribution in [3.05, 3.63) is 71.8 Å². The van der Waals surface area contributed by atoms with Crippen molar-refractivity contribution in [3.63, 3.8) is 0 Å². The third-order valence-corrected chi connectivity index (χ3v) is 7.94. The van der Waals surface area contributed by atoms with E-state index in [2.05, 4.69) is 64.7 Å². The van der Waals surface area contributed by atoms with Gasteiger partial charge in [0.2, 0.25) is 11.8 Å². The van der Waals surface area contributed by atoms with Crippen molar-refractivity contribution in [1.82, 2.24) is 15.4 Å². The van der Waals surface area contributed by atoms with Crippen LogP contribution < -0.4 is 21.8 Å². The van der Waals surface area contributed by atoms with Crippen molar-refractivity contribution < 1.29 is 19.4 Å². The van der Waals surface area contributed by atoms with Crippen LogP contribution in [-0.4, -0.2) is 45.9 Å². The molecule has 10 nitrogen and oxygen atoms in total. The zero-order valence-electron chi connectivity index (χ0n) is 25.4. The molecule has 1 heterocycles. The van der Waals surface area contributed by atoms with Gasteiger partial charge in [0.1, 0.15) is 0 Å². The average Bonchev–Trinajstić information content (AvgIpc) is 3.03. The van der Waals surface area contributed by atoms with Crippen LogP contribution in [0.4, 0.5) is 0 Å². The van der Waals surface area contributed by atoms with Crippen LogP contribution in [0.1, 0.15) is 76.3 Å². The van der Waals surface area contributed by atoms with Crippen molar-refractivity contribution in [2.24, 2.45) is 16.7 Å². The van der Waals surface area contributed by atoms with E-state index in [1.807, 2.05) is 30.3 Å². The van der Waals surface area contributed by atoms with Crippen LogP contribution in [0.25, 0.3) is 22.4 Å². The number of carboxylic acid groups (broad SMARTS) is 1. The van der Waals surface area contributed by atoms with Gasteiger partial charge in [-0.05, 0) is 61.1 Å². The number of hydrogen-bond acceptors (Lipinski definition) is 7. The van der Waals surface area contributed by atoms with E-state index in [0.29, 0.717) is 18.8 Å². The lowest BCUT2D eigenvalue weighted by atomic mass is 9.81. The van der Waals surface area contributed by atoms with Crippen LogP contribution in [0.3, 0.4) is 0 Å². The summed E-state index contributed by atoms with van der Waals surface area (Å²) in [4.78, 5) is 28.5. The molecule has 230 valence electrons. The van der Waals surface area contributed by atoms with Gasteiger partial charge in [-0.1, -0.05) is 69.0 Å². The molecule has 6 N–H and O–H groups in total. The lowest BCUT2D eigenvalue weighted by Crippen LogP contribution is -2.50. The number of carbonyl (C=O) groups is 2. The number of rotatable bonds is 11. The average molecular weight is 589 g/mol. The van der Waals surface area contributed by atoms with Crippen molar-refractivity contribution in [1.29, 1.82) is 0 Å². The summed E-state index contributed by atoms with van der Waals surface area (Å²) < 4.78 is 5.32. The number of carbonyl (C=O) groups excluding carboxylic acids is 1. The van der Waals surface area contributed by atoms with E-state index in [-0.39, 0.29) is 23.8 Å². The first-order valence-corrected chi connectivity index (χ1v) is 14.7. The lowest BCUT2D eigenvalue weighted by Gasteiger charge is -2.44. The van der Waals surface area contributed by atoms with Crippen molar-refractivity contribution in [3.8, 4) is 28.3 Å². The van der Waals surface area contributed by atoms with Gasteiger partial charge in [0.05, 0.1) is 12.8 Å². The summed E-state index contributed by atoms with van der Waals surface area (Å²) in [6.07, 6.45) is 8.27. The molecule has 2 aromatic carbocycles. The first kappa shape index (κ1) is 33.1. The standard InChI is InChI=1S/C32H42N6O2.CH2O2/c1-4-5-12-30(39)38(32(2)19-7-6-8-20-32)22-23-13-15-24(16-14-23)27-21-25(17-18-26(27)31(33)36-37-34)28-10-9-11-29(35-28)40-3;2-1-3/h9-11,13-18,21,37H,4-8,12,19-20,22,34H2,1-3H3,(H2,33,36);1H,(H,2,3). The van der Waals surface area contributed by atoms with Gasteiger partial charge in [-0.3, -0.25) is 9.59 Å². The maximum atomic E-state index is 13.4. The van der Waals surface area contributed by atoms with Gasteiger partial charge in [-0.25, -0.2) is 16.4 Å². The minimum atomic E-state index is -0.250. The topological polar surface area (TPSA) is 156 Å². The summed E-state index contributed by atoms with van der Waals surface area (Å²) in [6.45, 7) is 4.76. The number of nitrogens with two attached hydrogens (primary N) is 2. The second-order valence-electron chi connectivity index (χ2n) is 10.9. The Morgan fingerprint density at radius 3 is 2.42 bits per heavy atom. The Balaban J connectivity index is 0.00000162. The minimum absolute atomic E-state index is 0.0902. The first-order valence-electron chi connectivity index (χ1n) is 14.7. The molecule has 1 aromatic heterocycles. The van der Waals surface area contributed by atoms with E-state index < -0.39 is 0 Å². The molecule has 1 fully saturated rings. The molecule has 1 aliphatic carbocycles. The molecule has 10 heteroatoms. The molecule has 4 rings (SSSR count). The number of aromatic nitrogens is 1. The summed E-state index contributed by atoms with van der Waals surface area (Å²) in [6, 6.07) is 20.0. The van der Waals surface area contributed by atoms with E-state index in [1.54, 1.807) is 7.11 Å². The number of pyridine rings is 1. The third kappa shape index (κ3) is 8.78. The number of hydrogen-bond donors (Lipinski definition) is 4. The van der Waals surface area contributed by atoms with Crippen LogP contribution in [0, 0.1) is 0 Å². The summed E-state index contributed by atoms with van der Waals surface area (Å²) >= 11 is 0. The molecule has 0 radical (unpaired) electrons. The molecule has 1 aliphatic rings. The molecule has 0 aliphatic heterocycles. The highest BCUT2D eigenvalue weighted by molar-refractivity contribution is 6.04. The number of hydrazone groups is 1. The van der Waals surface area contributed by atoms with Gasteiger partial charge in [0.15, 0.2) is 5.84 Å². The zero-order chi connectivity index (χ0) is 31.2. The number of nitrogens with one attached hydrogen (secondary N) is 1. The Labute approximate surface area is 254 Å². The molecule has 1 saturated carbocycles. The predicted molar refractivity (Wildman–Crippen MR) is 170 cm³/mol. The number of ether oxygens (including phenoxy) is 1. The van der Waals surface area contributed by atoms with Gasteiger partial charge in [0, 0.05) is 35.7 Å². The van der Waals surface area contributed by atoms with Crippen LogP contribution in [0.5, 0.6) is 5.88 Å². The predicted octanol–water partition coefficient (Wildman–Crippen LogP) is 5.45. The minimum Gasteiger partial charge on any atom is -0.483 e. The van der Waals surface area contributed by atoms with Crippen molar-refractivity contribution >= 4 is 18.2 Å². The molecule has 0 atom stereocenters. The van der Waals surface area contributed by atoms with Crippen LogP contribution in [-0.2, 0) is 16.1 Å². The quantitative estimate of drug-likeness (QED) is 0.0757. The highest BCUT2D eigenvalue weighted by Crippen LogP contribution is 2.36. The molecule has 0 unspecified atom stereocenters. The molecule has 0 saturated heterocycles. The lowest BCUT2D eigenvalue weighted by molar-refractivity contribution is -0.139. The Bertz CT molecular complexity index is 1370. The molecule has 0 spiro atoms. The monoisotopic (exact) mass is 588 g/mol. The largest absolute Gasteiger partial charge is 0.483 e. The fourth-order valence-electron chi connectivity index (χ4n) is 5.58. The molecular weight excluding hydrogens is 544 g/mol. The van der Waals surface area contributed by atoms with Gasteiger partial charge < -0.3 is 20.5 Å². The normalized spacial score (nSPS) is 14.2. The van der Waals surface area contributed by atoms with E-state index in [1.165, 1.54) is 19.3 Å². The fraction of sp³-hybridized carbons (Fsp3) is 0.394. The van der Waals surface area contributed by atoms with Gasteiger partial charge in [-0.15, -0.1) is 5.10 Å². The van der Waals surface area contributed by atoms with E-state index >= 15 is 0 Å². The van der Waals surface area contributed by atoms with Gasteiger partial charge in [0.25, 0.3) is 6.47 Å². The maximum Gasteiger partial charge on any atom is 0.290 e. The van der Waals surface area contributed by atoms with Crippen molar-refractivity contribution in [2.45, 2.75) is 77.3 Å². The number of methoxy groups -OCH3 is 1. The smallest absolute Gasteiger partial charge is 0.290 e. The summed E-state index contributed by atoms with van der Waals surface area (Å²) in [7, 11) is 1.60. The van der Waals surface area contributed by atoms with Crippen molar-refractivity contribution in [2.75, 3.05) is 7.11 Å². The zero-order valence-corrected chi connectivity index (χ0v) is 25.4. The molecule has 3 aromatic rings. The van der Waals surface area contributed by atoms with Gasteiger partial charge >= 0.3 is 0 Å². The maximum absolute atomic E-state index is 13.4. The molecular formula is C33H44N6O4. The summed E-state index contributed by atoms with van der Waals surface area (Å²) in [5.74, 6) is 6.52. The summed E-state index contributed by atoms with van der Waals surface area (Å²) in [5.41, 5.74) is 13.9. The highest BCUT2D eigenvalue weighted by Gasteiger charge is 2.36. The number of hydrazine groups is 1. The highest BCUT2D eigenvalue weighted by atomic mass is 16.5. The number of nitrogens with zero attached hydrogens (tertiary/aromatic N) is 3. The second-order valence-corrected chi connectivity index (χ2v) is 10.9. The van der Waals surface area contributed by atoms with Gasteiger partial charge in [-0.2, -0.15) is 0 Å². The van der Waals surface area contributed by atoms with Crippen LogP contribution in [0.2, 0.25) is 0 Å². The third-order valence-electron chi connectivity index (χ3n) is 7.94. The molecule has 1 amide bonds. The number of benzene rings is 2. The Hall–Kier alpha value is -4.44. The summed E-state index contributed by atoms with van der Waals surface area (Å²) in [5, 5.41) is 10.9. The number of amides is 1.